The van der Waals surface area contributed by atoms with E-state index in [0.29, 0.717) is 5.69 Å². The fraction of sp³-hybridized carbons (Fsp3) is 0.222. The number of benzene rings is 2. The molecular formula is C18H20N4O2. The molecule has 0 spiro atoms. The maximum Gasteiger partial charge on any atom is 0.247 e. The molecule has 0 saturated heterocycles. The Bertz CT molecular complexity index is 756. The van der Waals surface area contributed by atoms with Gasteiger partial charge in [-0.15, -0.1) is 0 Å². The highest BCUT2D eigenvalue weighted by Crippen LogP contribution is 2.26. The van der Waals surface area contributed by atoms with Gasteiger partial charge in [-0.05, 0) is 36.4 Å². The Kier molecular flexibility index (Phi) is 4.37. The normalized spacial score (nSPS) is 15.8. The molecule has 2 aromatic carbocycles. The van der Waals surface area contributed by atoms with E-state index in [0.717, 1.165) is 17.1 Å². The average molecular weight is 324 g/mol. The monoisotopic (exact) mass is 324 g/mol. The van der Waals surface area contributed by atoms with E-state index in [1.165, 1.54) is 0 Å². The molecule has 1 heterocycles. The van der Waals surface area contributed by atoms with E-state index < -0.39 is 6.04 Å². The van der Waals surface area contributed by atoms with Crippen molar-refractivity contribution in [3.8, 4) is 0 Å². The Morgan fingerprint density at radius 3 is 2.42 bits per heavy atom. The molecule has 1 atom stereocenters. The minimum Gasteiger partial charge on any atom is -0.378 e. The van der Waals surface area contributed by atoms with E-state index in [9.17, 15) is 9.59 Å². The minimum absolute atomic E-state index is 0.0651. The van der Waals surface area contributed by atoms with Crippen LogP contribution in [0.3, 0.4) is 0 Å². The highest BCUT2D eigenvalue weighted by Gasteiger charge is 2.27. The molecular weight excluding hydrogens is 304 g/mol. The first-order valence-corrected chi connectivity index (χ1v) is 7.76. The van der Waals surface area contributed by atoms with Gasteiger partial charge in [0.25, 0.3) is 0 Å². The predicted octanol–water partition coefficient (Wildman–Crippen LogP) is 2.51. The van der Waals surface area contributed by atoms with E-state index in [4.69, 9.17) is 0 Å². The summed E-state index contributed by atoms with van der Waals surface area (Å²) < 4.78 is 0. The van der Waals surface area contributed by atoms with Crippen LogP contribution in [0.4, 0.5) is 22.7 Å². The number of carbonyl (C=O) groups excluding carboxylic acids is 2. The van der Waals surface area contributed by atoms with Crippen LogP contribution in [0.5, 0.6) is 0 Å². The number of nitrogens with one attached hydrogen (secondary N) is 3. The maximum atomic E-state index is 12.2. The Labute approximate surface area is 140 Å². The molecule has 0 radical (unpaired) electrons. The van der Waals surface area contributed by atoms with E-state index in [-0.39, 0.29) is 18.2 Å². The van der Waals surface area contributed by atoms with Crippen molar-refractivity contribution in [2.75, 3.05) is 34.9 Å². The molecule has 3 rings (SSSR count). The number of nitrogens with zero attached hydrogens (tertiary/aromatic N) is 1. The summed E-state index contributed by atoms with van der Waals surface area (Å²) in [5.74, 6) is -0.411. The van der Waals surface area contributed by atoms with Gasteiger partial charge in [0.1, 0.15) is 6.04 Å². The minimum atomic E-state index is -0.582. The Morgan fingerprint density at radius 2 is 1.75 bits per heavy atom. The zero-order valence-electron chi connectivity index (χ0n) is 13.7. The molecule has 2 aromatic rings. The lowest BCUT2D eigenvalue weighted by Gasteiger charge is -2.26. The standard InChI is InChI=1S/C18H20N4O2/c1-22(2)13-9-7-12(8-10-13)19-17(23)11-16-18(24)21-15-6-4-3-5-14(15)20-16/h3-10,16,20H,11H2,1-2H3,(H,19,23)(H,21,24)/t16-/m0/s1. The summed E-state index contributed by atoms with van der Waals surface area (Å²) in [6.07, 6.45) is 0.0651. The maximum absolute atomic E-state index is 12.2. The van der Waals surface area contributed by atoms with Crippen molar-refractivity contribution >= 4 is 34.6 Å². The van der Waals surface area contributed by atoms with Crippen LogP contribution in [0.15, 0.2) is 48.5 Å². The first-order chi connectivity index (χ1) is 11.5. The van der Waals surface area contributed by atoms with Gasteiger partial charge >= 0.3 is 0 Å². The second kappa shape index (κ2) is 6.62. The lowest BCUT2D eigenvalue weighted by molar-refractivity contribution is -0.122. The van der Waals surface area contributed by atoms with Gasteiger partial charge in [0.15, 0.2) is 0 Å². The molecule has 0 bridgehead atoms. The van der Waals surface area contributed by atoms with Gasteiger partial charge in [0.05, 0.1) is 17.8 Å². The molecule has 0 fully saturated rings. The van der Waals surface area contributed by atoms with Crippen LogP contribution in [-0.4, -0.2) is 32.0 Å². The van der Waals surface area contributed by atoms with Crippen molar-refractivity contribution in [1.82, 2.24) is 0 Å². The third-order valence-corrected chi connectivity index (χ3v) is 3.89. The number of fused-ring (bicyclic) bond motifs is 1. The smallest absolute Gasteiger partial charge is 0.247 e. The molecule has 6 nitrogen and oxygen atoms in total. The number of para-hydroxylation sites is 2. The first-order valence-electron chi connectivity index (χ1n) is 7.76. The van der Waals surface area contributed by atoms with E-state index in [1.54, 1.807) is 0 Å². The molecule has 0 unspecified atom stereocenters. The fourth-order valence-corrected chi connectivity index (χ4v) is 2.58. The van der Waals surface area contributed by atoms with Crippen LogP contribution in [-0.2, 0) is 9.59 Å². The third kappa shape index (κ3) is 3.48. The van der Waals surface area contributed by atoms with Gasteiger partial charge in [-0.1, -0.05) is 12.1 Å². The molecule has 124 valence electrons. The third-order valence-electron chi connectivity index (χ3n) is 3.89. The fourth-order valence-electron chi connectivity index (χ4n) is 2.58. The zero-order valence-corrected chi connectivity index (χ0v) is 13.7. The summed E-state index contributed by atoms with van der Waals surface area (Å²) in [5.41, 5.74) is 3.32. The van der Waals surface area contributed by atoms with Crippen LogP contribution in [0, 0.1) is 0 Å². The Balaban J connectivity index is 1.62. The quantitative estimate of drug-likeness (QED) is 0.808. The SMILES string of the molecule is CN(C)c1ccc(NC(=O)C[C@@H]2Nc3ccccc3NC2=O)cc1. The van der Waals surface area contributed by atoms with Crippen LogP contribution in [0.25, 0.3) is 0 Å². The molecule has 0 aromatic heterocycles. The Hall–Kier alpha value is -3.02. The Morgan fingerprint density at radius 1 is 1.08 bits per heavy atom. The second-order valence-corrected chi connectivity index (χ2v) is 5.93. The molecule has 0 saturated carbocycles. The summed E-state index contributed by atoms with van der Waals surface area (Å²) in [6.45, 7) is 0. The summed E-state index contributed by atoms with van der Waals surface area (Å²) in [7, 11) is 3.91. The molecule has 0 aliphatic carbocycles. The largest absolute Gasteiger partial charge is 0.378 e. The summed E-state index contributed by atoms with van der Waals surface area (Å²) in [4.78, 5) is 26.3. The van der Waals surface area contributed by atoms with Gasteiger partial charge in [-0.3, -0.25) is 9.59 Å². The second-order valence-electron chi connectivity index (χ2n) is 5.93. The topological polar surface area (TPSA) is 73.5 Å². The van der Waals surface area contributed by atoms with Crippen LogP contribution < -0.4 is 20.9 Å². The van der Waals surface area contributed by atoms with Gasteiger partial charge in [0.2, 0.25) is 11.8 Å². The first kappa shape index (κ1) is 15.9. The van der Waals surface area contributed by atoms with Gasteiger partial charge in [-0.25, -0.2) is 0 Å². The van der Waals surface area contributed by atoms with Crippen LogP contribution in [0.2, 0.25) is 0 Å². The van der Waals surface area contributed by atoms with E-state index in [2.05, 4.69) is 16.0 Å². The summed E-state index contributed by atoms with van der Waals surface area (Å²) >= 11 is 0. The van der Waals surface area contributed by atoms with Crippen molar-refractivity contribution in [2.24, 2.45) is 0 Å². The average Bonchev–Trinajstić information content (AvgIpc) is 2.56. The van der Waals surface area contributed by atoms with Gasteiger partial charge in [0, 0.05) is 25.5 Å². The number of anilines is 4. The van der Waals surface area contributed by atoms with Crippen molar-refractivity contribution in [1.29, 1.82) is 0 Å². The molecule has 24 heavy (non-hydrogen) atoms. The van der Waals surface area contributed by atoms with E-state index >= 15 is 0 Å². The van der Waals surface area contributed by atoms with Crippen LogP contribution in [0.1, 0.15) is 6.42 Å². The van der Waals surface area contributed by atoms with E-state index in [1.807, 2.05) is 67.5 Å². The highest BCUT2D eigenvalue weighted by atomic mass is 16.2. The molecule has 6 heteroatoms. The molecule has 1 aliphatic heterocycles. The summed E-state index contributed by atoms with van der Waals surface area (Å²) in [5, 5.41) is 8.74. The zero-order chi connectivity index (χ0) is 17.1. The van der Waals surface area contributed by atoms with Crippen molar-refractivity contribution in [3.05, 3.63) is 48.5 Å². The summed E-state index contributed by atoms with van der Waals surface area (Å²) in [6, 6.07) is 14.4. The van der Waals surface area contributed by atoms with Crippen molar-refractivity contribution in [2.45, 2.75) is 12.5 Å². The number of rotatable bonds is 4. The van der Waals surface area contributed by atoms with Crippen molar-refractivity contribution < 1.29 is 9.59 Å². The molecule has 3 N–H and O–H groups in total. The number of carbonyl (C=O) groups is 2. The predicted molar refractivity (Wildman–Crippen MR) is 96.5 cm³/mol. The molecule has 1 aliphatic rings. The highest BCUT2D eigenvalue weighted by molar-refractivity contribution is 6.06. The number of hydrogen-bond donors (Lipinski definition) is 3. The van der Waals surface area contributed by atoms with Crippen molar-refractivity contribution in [3.63, 3.8) is 0 Å². The number of hydrogen-bond acceptors (Lipinski definition) is 4. The van der Waals surface area contributed by atoms with Gasteiger partial charge in [-0.2, -0.15) is 0 Å². The number of amides is 2. The lowest BCUT2D eigenvalue weighted by atomic mass is 10.1. The molecule has 2 amide bonds. The lowest BCUT2D eigenvalue weighted by Crippen LogP contribution is -2.41. The van der Waals surface area contributed by atoms with Gasteiger partial charge < -0.3 is 20.9 Å². The van der Waals surface area contributed by atoms with Crippen LogP contribution >= 0.6 is 0 Å².